The monoisotopic (exact) mass is 145 g/mol. The normalized spacial score (nSPS) is 12.2. The second-order valence-electron chi connectivity index (χ2n) is 2.26. The van der Waals surface area contributed by atoms with Gasteiger partial charge in [-0.25, -0.2) is 4.79 Å². The number of carbonyl (C=O) groups excluding carboxylic acids is 1. The standard InChI is InChI=1S/C6H11NO3/c1-4(3-5(2)8)7-6(9)10/h4,7H,3H2,1-2H3,(H,9,10)/t4-/m0/s1. The van der Waals surface area contributed by atoms with Gasteiger partial charge in [-0.3, -0.25) is 4.79 Å². The summed E-state index contributed by atoms with van der Waals surface area (Å²) in [7, 11) is 0. The van der Waals surface area contributed by atoms with Gasteiger partial charge in [-0.1, -0.05) is 0 Å². The lowest BCUT2D eigenvalue weighted by atomic mass is 10.2. The van der Waals surface area contributed by atoms with Crippen LogP contribution in [0.1, 0.15) is 20.3 Å². The van der Waals surface area contributed by atoms with E-state index in [9.17, 15) is 9.59 Å². The van der Waals surface area contributed by atoms with Crippen molar-refractivity contribution >= 4 is 11.9 Å². The van der Waals surface area contributed by atoms with Gasteiger partial charge in [0.25, 0.3) is 0 Å². The fourth-order valence-corrected chi connectivity index (χ4v) is 0.693. The maximum Gasteiger partial charge on any atom is 0.404 e. The van der Waals surface area contributed by atoms with Crippen LogP contribution in [0.3, 0.4) is 0 Å². The summed E-state index contributed by atoms with van der Waals surface area (Å²) >= 11 is 0. The predicted octanol–water partition coefficient (Wildman–Crippen LogP) is 0.622. The summed E-state index contributed by atoms with van der Waals surface area (Å²) in [6.07, 6.45) is -0.833. The van der Waals surface area contributed by atoms with Crippen molar-refractivity contribution in [2.45, 2.75) is 26.3 Å². The molecule has 0 aromatic rings. The molecule has 4 nitrogen and oxygen atoms in total. The summed E-state index contributed by atoms with van der Waals surface area (Å²) in [5, 5.41) is 10.3. The van der Waals surface area contributed by atoms with Crippen LogP contribution in [-0.4, -0.2) is 23.0 Å². The number of hydrogen-bond acceptors (Lipinski definition) is 2. The summed E-state index contributed by atoms with van der Waals surface area (Å²) in [5.41, 5.74) is 0. The molecule has 0 saturated carbocycles. The van der Waals surface area contributed by atoms with E-state index in [0.29, 0.717) is 0 Å². The topological polar surface area (TPSA) is 66.4 Å². The van der Waals surface area contributed by atoms with Gasteiger partial charge >= 0.3 is 6.09 Å². The molecule has 0 bridgehead atoms. The second-order valence-corrected chi connectivity index (χ2v) is 2.26. The average molecular weight is 145 g/mol. The molecule has 58 valence electrons. The lowest BCUT2D eigenvalue weighted by Crippen LogP contribution is -2.32. The van der Waals surface area contributed by atoms with E-state index in [-0.39, 0.29) is 18.2 Å². The molecule has 1 amide bonds. The van der Waals surface area contributed by atoms with E-state index in [4.69, 9.17) is 5.11 Å². The molecule has 0 aliphatic carbocycles. The van der Waals surface area contributed by atoms with Crippen molar-refractivity contribution < 1.29 is 14.7 Å². The maximum atomic E-state index is 10.4. The molecule has 0 aliphatic heterocycles. The van der Waals surface area contributed by atoms with Crippen LogP contribution >= 0.6 is 0 Å². The average Bonchev–Trinajstić information content (AvgIpc) is 1.58. The highest BCUT2D eigenvalue weighted by Crippen LogP contribution is 1.90. The molecule has 0 rings (SSSR count). The lowest BCUT2D eigenvalue weighted by Gasteiger charge is -2.07. The van der Waals surface area contributed by atoms with E-state index in [1.807, 2.05) is 0 Å². The van der Waals surface area contributed by atoms with Gasteiger partial charge in [0.15, 0.2) is 0 Å². The Morgan fingerprint density at radius 2 is 2.10 bits per heavy atom. The zero-order valence-corrected chi connectivity index (χ0v) is 6.05. The largest absolute Gasteiger partial charge is 0.465 e. The number of amides is 1. The van der Waals surface area contributed by atoms with Gasteiger partial charge in [0.2, 0.25) is 0 Å². The third-order valence-corrected chi connectivity index (χ3v) is 0.964. The first-order valence-corrected chi connectivity index (χ1v) is 3.01. The number of Topliss-reactive ketones (excluding diaryl/α,β-unsaturated/α-hetero) is 1. The first kappa shape index (κ1) is 8.94. The van der Waals surface area contributed by atoms with Crippen molar-refractivity contribution in [3.05, 3.63) is 0 Å². The molecule has 0 radical (unpaired) electrons. The van der Waals surface area contributed by atoms with Crippen molar-refractivity contribution in [1.29, 1.82) is 0 Å². The van der Waals surface area contributed by atoms with Gasteiger partial charge < -0.3 is 10.4 Å². The van der Waals surface area contributed by atoms with Crippen LogP contribution in [0.25, 0.3) is 0 Å². The summed E-state index contributed by atoms with van der Waals surface area (Å²) in [5.74, 6) is -0.0127. The van der Waals surface area contributed by atoms with E-state index in [2.05, 4.69) is 5.32 Å². The van der Waals surface area contributed by atoms with E-state index < -0.39 is 6.09 Å². The Morgan fingerprint density at radius 3 is 2.40 bits per heavy atom. The molecule has 4 heteroatoms. The quantitative estimate of drug-likeness (QED) is 0.611. The summed E-state index contributed by atoms with van der Waals surface area (Å²) in [6.45, 7) is 3.08. The highest BCUT2D eigenvalue weighted by molar-refractivity contribution is 5.76. The number of hydrogen-bond donors (Lipinski definition) is 2. The van der Waals surface area contributed by atoms with Crippen molar-refractivity contribution in [2.24, 2.45) is 0 Å². The fraction of sp³-hybridized carbons (Fsp3) is 0.667. The highest BCUT2D eigenvalue weighted by atomic mass is 16.4. The van der Waals surface area contributed by atoms with Gasteiger partial charge in [0.05, 0.1) is 0 Å². The fourth-order valence-electron chi connectivity index (χ4n) is 0.693. The summed E-state index contributed by atoms with van der Waals surface area (Å²) in [4.78, 5) is 20.4. The van der Waals surface area contributed by atoms with E-state index in [0.717, 1.165) is 0 Å². The Labute approximate surface area is 59.2 Å². The first-order valence-electron chi connectivity index (χ1n) is 3.01. The smallest absolute Gasteiger partial charge is 0.404 e. The second kappa shape index (κ2) is 3.87. The van der Waals surface area contributed by atoms with Crippen LogP contribution in [0, 0.1) is 0 Å². The van der Waals surface area contributed by atoms with Crippen molar-refractivity contribution in [2.75, 3.05) is 0 Å². The van der Waals surface area contributed by atoms with Crippen molar-refractivity contribution in [1.82, 2.24) is 5.32 Å². The van der Waals surface area contributed by atoms with Gasteiger partial charge in [-0.05, 0) is 13.8 Å². The summed E-state index contributed by atoms with van der Waals surface area (Å²) < 4.78 is 0. The van der Waals surface area contributed by atoms with Crippen LogP contribution in [0.2, 0.25) is 0 Å². The molecule has 0 unspecified atom stereocenters. The number of carboxylic acid groups (broad SMARTS) is 1. The Hall–Kier alpha value is -1.06. The Kier molecular flexibility index (Phi) is 3.46. The zero-order valence-electron chi connectivity index (χ0n) is 6.05. The minimum absolute atomic E-state index is 0.0127. The Morgan fingerprint density at radius 1 is 1.60 bits per heavy atom. The molecule has 1 atom stereocenters. The molecule has 0 saturated heterocycles. The molecular weight excluding hydrogens is 134 g/mol. The van der Waals surface area contributed by atoms with Gasteiger partial charge in [0.1, 0.15) is 5.78 Å². The minimum Gasteiger partial charge on any atom is -0.465 e. The molecule has 0 aromatic carbocycles. The lowest BCUT2D eigenvalue weighted by molar-refractivity contribution is -0.117. The van der Waals surface area contributed by atoms with E-state index >= 15 is 0 Å². The van der Waals surface area contributed by atoms with Crippen molar-refractivity contribution in [3.8, 4) is 0 Å². The molecular formula is C6H11NO3. The number of ketones is 1. The maximum absolute atomic E-state index is 10.4. The van der Waals surface area contributed by atoms with E-state index in [1.165, 1.54) is 6.92 Å². The van der Waals surface area contributed by atoms with Crippen LogP contribution in [0.15, 0.2) is 0 Å². The third kappa shape index (κ3) is 5.08. The minimum atomic E-state index is -1.09. The Balaban J connectivity index is 3.53. The van der Waals surface area contributed by atoms with Crippen LogP contribution in [0.4, 0.5) is 4.79 Å². The molecule has 0 heterocycles. The highest BCUT2D eigenvalue weighted by Gasteiger charge is 2.06. The molecule has 0 aromatic heterocycles. The SMILES string of the molecule is CC(=O)C[C@H](C)NC(=O)O. The molecule has 0 spiro atoms. The molecule has 0 aliphatic rings. The van der Waals surface area contributed by atoms with Gasteiger partial charge in [-0.2, -0.15) is 0 Å². The van der Waals surface area contributed by atoms with Crippen LogP contribution in [-0.2, 0) is 4.79 Å². The molecule has 2 N–H and O–H groups in total. The van der Waals surface area contributed by atoms with Crippen molar-refractivity contribution in [3.63, 3.8) is 0 Å². The molecule has 10 heavy (non-hydrogen) atoms. The first-order chi connectivity index (χ1) is 4.52. The third-order valence-electron chi connectivity index (χ3n) is 0.964. The summed E-state index contributed by atoms with van der Waals surface area (Å²) in [6, 6.07) is -0.282. The van der Waals surface area contributed by atoms with Crippen LogP contribution in [0.5, 0.6) is 0 Å². The number of rotatable bonds is 3. The van der Waals surface area contributed by atoms with E-state index in [1.54, 1.807) is 6.92 Å². The molecule has 0 fully saturated rings. The predicted molar refractivity (Wildman–Crippen MR) is 35.9 cm³/mol. The van der Waals surface area contributed by atoms with Crippen LogP contribution < -0.4 is 5.32 Å². The Bertz CT molecular complexity index is 128. The number of nitrogens with one attached hydrogen (secondary N) is 1. The van der Waals surface area contributed by atoms with Gasteiger partial charge in [-0.15, -0.1) is 0 Å². The number of carbonyl (C=O) groups is 2. The van der Waals surface area contributed by atoms with Gasteiger partial charge in [0, 0.05) is 12.5 Å². The zero-order chi connectivity index (χ0) is 8.15.